The zero-order chi connectivity index (χ0) is 19.9. The van der Waals surface area contributed by atoms with Crippen molar-refractivity contribution in [3.05, 3.63) is 58.9 Å². The minimum Gasteiger partial charge on any atom is -0.494 e. The molecule has 0 unspecified atom stereocenters. The summed E-state index contributed by atoms with van der Waals surface area (Å²) in [4.78, 5) is 29.3. The van der Waals surface area contributed by atoms with Gasteiger partial charge in [-0.1, -0.05) is 41.7 Å². The normalized spacial score (nSPS) is 11.6. The monoisotopic (exact) mass is 398 g/mol. The third-order valence-corrected chi connectivity index (χ3v) is 5.02. The van der Waals surface area contributed by atoms with Crippen molar-refractivity contribution >= 4 is 33.4 Å². The fourth-order valence-electron chi connectivity index (χ4n) is 2.80. The molecule has 0 saturated carbocycles. The van der Waals surface area contributed by atoms with Gasteiger partial charge in [0.2, 0.25) is 0 Å². The molecule has 7 heteroatoms. The highest BCUT2D eigenvalue weighted by Gasteiger charge is 2.13. The Morgan fingerprint density at radius 2 is 1.86 bits per heavy atom. The van der Waals surface area contributed by atoms with Gasteiger partial charge in [0.15, 0.2) is 4.80 Å². The molecule has 6 nitrogen and oxygen atoms in total. The van der Waals surface area contributed by atoms with Crippen molar-refractivity contribution in [2.75, 3.05) is 13.2 Å². The minimum absolute atomic E-state index is 0.000722. The maximum Gasteiger partial charge on any atom is 0.326 e. The molecule has 0 spiro atoms. The van der Waals surface area contributed by atoms with Crippen LogP contribution in [0.3, 0.4) is 0 Å². The summed E-state index contributed by atoms with van der Waals surface area (Å²) in [7, 11) is 0. The lowest BCUT2D eigenvalue weighted by molar-refractivity contribution is -0.143. The number of benzene rings is 2. The lowest BCUT2D eigenvalue weighted by atomic mass is 10.1. The van der Waals surface area contributed by atoms with Crippen LogP contribution in [-0.2, 0) is 27.3 Å². The molecule has 3 rings (SSSR count). The summed E-state index contributed by atoms with van der Waals surface area (Å²) in [6, 6.07) is 15.1. The maximum absolute atomic E-state index is 12.5. The number of nitrogens with zero attached hydrogens (tertiary/aromatic N) is 2. The molecule has 0 saturated heterocycles. The van der Waals surface area contributed by atoms with E-state index in [1.807, 2.05) is 55.5 Å². The van der Waals surface area contributed by atoms with Crippen molar-refractivity contribution in [2.24, 2.45) is 4.99 Å². The number of esters is 1. The van der Waals surface area contributed by atoms with Crippen LogP contribution in [0.1, 0.15) is 19.4 Å². The van der Waals surface area contributed by atoms with E-state index in [1.165, 1.54) is 11.3 Å². The molecule has 0 aliphatic rings. The van der Waals surface area contributed by atoms with Gasteiger partial charge in [0, 0.05) is 0 Å². The van der Waals surface area contributed by atoms with E-state index in [-0.39, 0.29) is 24.8 Å². The van der Waals surface area contributed by atoms with Gasteiger partial charge in [-0.3, -0.25) is 9.59 Å². The van der Waals surface area contributed by atoms with Crippen molar-refractivity contribution in [3.8, 4) is 5.75 Å². The van der Waals surface area contributed by atoms with Crippen LogP contribution >= 0.6 is 11.3 Å². The van der Waals surface area contributed by atoms with Gasteiger partial charge >= 0.3 is 5.97 Å². The molecule has 146 valence electrons. The standard InChI is InChI=1S/C21H22N2O4S/c1-3-26-16-10-11-17-18(13-16)28-21(23(17)14-20(25)27-4-2)22-19(24)12-15-8-6-5-7-9-15/h5-11,13H,3-4,12,14H2,1-2H3. The molecule has 3 aromatic rings. The van der Waals surface area contributed by atoms with Crippen LogP contribution in [0.25, 0.3) is 10.2 Å². The fraction of sp³-hybridized carbons (Fsp3) is 0.286. The lowest BCUT2D eigenvalue weighted by Gasteiger charge is -2.06. The quantitative estimate of drug-likeness (QED) is 0.573. The predicted molar refractivity (Wildman–Crippen MR) is 108 cm³/mol. The van der Waals surface area contributed by atoms with Crippen molar-refractivity contribution < 1.29 is 19.1 Å². The van der Waals surface area contributed by atoms with Gasteiger partial charge in [0.25, 0.3) is 5.91 Å². The molecule has 28 heavy (non-hydrogen) atoms. The number of aromatic nitrogens is 1. The van der Waals surface area contributed by atoms with E-state index in [9.17, 15) is 9.59 Å². The Bertz CT molecular complexity index is 1040. The smallest absolute Gasteiger partial charge is 0.326 e. The second-order valence-electron chi connectivity index (χ2n) is 6.01. The Balaban J connectivity index is 2.00. The molecule has 0 radical (unpaired) electrons. The highest BCUT2D eigenvalue weighted by atomic mass is 32.1. The van der Waals surface area contributed by atoms with Crippen LogP contribution in [0.2, 0.25) is 0 Å². The summed E-state index contributed by atoms with van der Waals surface area (Å²) in [5.74, 6) is 0.107. The first-order chi connectivity index (χ1) is 13.6. The van der Waals surface area contributed by atoms with Gasteiger partial charge < -0.3 is 14.0 Å². The third kappa shape index (κ3) is 4.86. The lowest BCUT2D eigenvalue weighted by Crippen LogP contribution is -2.23. The van der Waals surface area contributed by atoms with Gasteiger partial charge in [-0.15, -0.1) is 0 Å². The maximum atomic E-state index is 12.5. The molecule has 0 fully saturated rings. The summed E-state index contributed by atoms with van der Waals surface area (Å²) < 4.78 is 13.2. The average molecular weight is 398 g/mol. The predicted octanol–water partition coefficient (Wildman–Crippen LogP) is 3.33. The van der Waals surface area contributed by atoms with Crippen molar-refractivity contribution in [1.29, 1.82) is 0 Å². The number of carbonyl (C=O) groups excluding carboxylic acids is 2. The number of fused-ring (bicyclic) bond motifs is 1. The Morgan fingerprint density at radius 3 is 2.57 bits per heavy atom. The van der Waals surface area contributed by atoms with E-state index >= 15 is 0 Å². The summed E-state index contributed by atoms with van der Waals surface area (Å²) in [6.07, 6.45) is 0.207. The largest absolute Gasteiger partial charge is 0.494 e. The van der Waals surface area contributed by atoms with Gasteiger partial charge in [0.1, 0.15) is 12.3 Å². The molecule has 1 heterocycles. The van der Waals surface area contributed by atoms with Crippen molar-refractivity contribution in [2.45, 2.75) is 26.8 Å². The van der Waals surface area contributed by atoms with Gasteiger partial charge in [0.05, 0.1) is 29.9 Å². The van der Waals surface area contributed by atoms with Crippen LogP contribution in [0, 0.1) is 0 Å². The minimum atomic E-state index is -0.368. The fourth-order valence-corrected chi connectivity index (χ4v) is 3.88. The van der Waals surface area contributed by atoms with E-state index in [0.717, 1.165) is 21.5 Å². The molecule has 0 N–H and O–H groups in total. The molecule has 0 bridgehead atoms. The van der Waals surface area contributed by atoms with E-state index in [4.69, 9.17) is 9.47 Å². The second kappa shape index (κ2) is 9.32. The molecule has 0 aliphatic heterocycles. The van der Waals surface area contributed by atoms with Crippen LogP contribution in [0.4, 0.5) is 0 Å². The van der Waals surface area contributed by atoms with Gasteiger partial charge in [-0.2, -0.15) is 4.99 Å². The Kier molecular flexibility index (Phi) is 6.60. The average Bonchev–Trinajstić information content (AvgIpc) is 2.99. The number of amides is 1. The first-order valence-corrected chi connectivity index (χ1v) is 9.95. The molecular weight excluding hydrogens is 376 g/mol. The number of ether oxygens (including phenoxy) is 2. The Morgan fingerprint density at radius 1 is 1.07 bits per heavy atom. The number of carbonyl (C=O) groups is 2. The number of hydrogen-bond donors (Lipinski definition) is 0. The Hall–Kier alpha value is -2.93. The summed E-state index contributed by atoms with van der Waals surface area (Å²) in [6.45, 7) is 4.54. The van der Waals surface area contributed by atoms with E-state index in [1.54, 1.807) is 11.5 Å². The van der Waals surface area contributed by atoms with Crippen LogP contribution in [0.5, 0.6) is 5.75 Å². The molecule has 1 aromatic heterocycles. The van der Waals surface area contributed by atoms with E-state index in [0.29, 0.717) is 18.0 Å². The molecule has 2 aromatic carbocycles. The second-order valence-corrected chi connectivity index (χ2v) is 7.02. The highest BCUT2D eigenvalue weighted by Crippen LogP contribution is 2.23. The number of hydrogen-bond acceptors (Lipinski definition) is 5. The molecule has 1 amide bonds. The van der Waals surface area contributed by atoms with Gasteiger partial charge in [-0.05, 0) is 37.6 Å². The highest BCUT2D eigenvalue weighted by molar-refractivity contribution is 7.16. The molecule has 0 aliphatic carbocycles. The Labute approximate surface area is 167 Å². The summed E-state index contributed by atoms with van der Waals surface area (Å²) in [5, 5.41) is 0. The first-order valence-electron chi connectivity index (χ1n) is 9.14. The van der Waals surface area contributed by atoms with Gasteiger partial charge in [-0.25, -0.2) is 0 Å². The number of rotatable bonds is 7. The van der Waals surface area contributed by atoms with Crippen LogP contribution in [0.15, 0.2) is 53.5 Å². The van der Waals surface area contributed by atoms with Crippen LogP contribution in [-0.4, -0.2) is 29.7 Å². The summed E-state index contributed by atoms with van der Waals surface area (Å²) >= 11 is 1.35. The first kappa shape index (κ1) is 19.8. The number of thiazole rings is 1. The van der Waals surface area contributed by atoms with Crippen molar-refractivity contribution in [3.63, 3.8) is 0 Å². The van der Waals surface area contributed by atoms with Crippen molar-refractivity contribution in [1.82, 2.24) is 4.57 Å². The topological polar surface area (TPSA) is 69.9 Å². The third-order valence-electron chi connectivity index (χ3n) is 3.98. The van der Waals surface area contributed by atoms with E-state index < -0.39 is 0 Å². The SMILES string of the molecule is CCOC(=O)Cn1c(=NC(=O)Cc2ccccc2)sc2cc(OCC)ccc21. The summed E-state index contributed by atoms with van der Waals surface area (Å²) in [5.41, 5.74) is 1.71. The zero-order valence-electron chi connectivity index (χ0n) is 15.9. The van der Waals surface area contributed by atoms with E-state index in [2.05, 4.69) is 4.99 Å². The molecular formula is C21H22N2O4S. The van der Waals surface area contributed by atoms with Crippen LogP contribution < -0.4 is 9.54 Å². The molecule has 0 atom stereocenters. The zero-order valence-corrected chi connectivity index (χ0v) is 16.7.